The second-order valence-corrected chi connectivity index (χ2v) is 7.50. The van der Waals surface area contributed by atoms with Gasteiger partial charge in [-0.15, -0.1) is 0 Å². The summed E-state index contributed by atoms with van der Waals surface area (Å²) in [7, 11) is 3.18. The van der Waals surface area contributed by atoms with Crippen LogP contribution in [0.15, 0.2) is 82.4 Å². The average Bonchev–Trinajstić information content (AvgIpc) is 2.82. The van der Waals surface area contributed by atoms with Crippen molar-refractivity contribution in [2.45, 2.75) is 6.61 Å². The van der Waals surface area contributed by atoms with E-state index in [1.54, 1.807) is 26.4 Å². The summed E-state index contributed by atoms with van der Waals surface area (Å²) in [6, 6.07) is 20.9. The van der Waals surface area contributed by atoms with Gasteiger partial charge in [0.05, 0.1) is 24.9 Å². The van der Waals surface area contributed by atoms with Crippen molar-refractivity contribution in [1.82, 2.24) is 5.43 Å². The summed E-state index contributed by atoms with van der Waals surface area (Å²) in [6.07, 6.45) is 4.65. The molecule has 7 heteroatoms. The molecule has 0 atom stereocenters. The molecule has 0 saturated heterocycles. The third-order valence-electron chi connectivity index (χ3n) is 4.41. The van der Waals surface area contributed by atoms with Gasteiger partial charge in [-0.25, -0.2) is 5.43 Å². The summed E-state index contributed by atoms with van der Waals surface area (Å²) < 4.78 is 17.2. The molecule has 0 aliphatic carbocycles. The van der Waals surface area contributed by atoms with Gasteiger partial charge in [0.2, 0.25) is 0 Å². The Labute approximate surface area is 195 Å². The van der Waals surface area contributed by atoms with Gasteiger partial charge in [-0.05, 0) is 63.0 Å². The fraction of sp³-hybridized carbons (Fsp3) is 0.120. The van der Waals surface area contributed by atoms with Crippen LogP contribution in [-0.4, -0.2) is 26.3 Å². The fourth-order valence-corrected chi connectivity index (χ4v) is 3.35. The smallest absolute Gasteiger partial charge is 0.264 e. The molecule has 0 aliphatic heterocycles. The number of hydrazone groups is 1. The Hall–Kier alpha value is -3.58. The van der Waals surface area contributed by atoms with E-state index in [9.17, 15) is 4.79 Å². The number of halogens is 1. The van der Waals surface area contributed by atoms with Crippen molar-refractivity contribution in [2.75, 3.05) is 14.2 Å². The normalized spacial score (nSPS) is 11.0. The Morgan fingerprint density at radius 2 is 1.75 bits per heavy atom. The van der Waals surface area contributed by atoms with Gasteiger partial charge in [0.25, 0.3) is 5.91 Å². The zero-order valence-electron chi connectivity index (χ0n) is 17.7. The minimum absolute atomic E-state index is 0.342. The van der Waals surface area contributed by atoms with Crippen molar-refractivity contribution < 1.29 is 19.0 Å². The Balaban J connectivity index is 1.60. The number of methoxy groups -OCH3 is 2. The number of carbonyl (C=O) groups is 1. The van der Waals surface area contributed by atoms with E-state index in [0.717, 1.165) is 26.9 Å². The highest BCUT2D eigenvalue weighted by atomic mass is 79.9. The maximum atomic E-state index is 12.0. The number of hydrogen-bond acceptors (Lipinski definition) is 5. The van der Waals surface area contributed by atoms with Gasteiger partial charge >= 0.3 is 0 Å². The predicted octanol–water partition coefficient (Wildman–Crippen LogP) is 5.21. The molecule has 0 spiro atoms. The number of hydrogen-bond donors (Lipinski definition) is 1. The molecule has 0 heterocycles. The van der Waals surface area contributed by atoms with Gasteiger partial charge in [-0.3, -0.25) is 4.79 Å². The number of nitrogens with one attached hydrogen (secondary N) is 1. The monoisotopic (exact) mass is 494 g/mol. The maximum Gasteiger partial charge on any atom is 0.264 e. The van der Waals surface area contributed by atoms with Crippen LogP contribution >= 0.6 is 15.9 Å². The number of benzene rings is 3. The zero-order chi connectivity index (χ0) is 22.8. The van der Waals surface area contributed by atoms with Crippen LogP contribution in [0.25, 0.3) is 6.08 Å². The van der Waals surface area contributed by atoms with Gasteiger partial charge in [0.15, 0.2) is 11.5 Å². The van der Waals surface area contributed by atoms with Crippen LogP contribution in [-0.2, 0) is 11.4 Å². The molecule has 3 aromatic rings. The van der Waals surface area contributed by atoms with Gasteiger partial charge in [0, 0.05) is 6.08 Å². The standard InChI is InChI=1S/C25H23BrN2O4/c1-30-21-11-8-18(9-12-21)10-13-24(29)28-27-16-20-14-22(26)25(23(15-20)31-2)32-17-19-6-4-3-5-7-19/h3-16H,17H2,1-2H3,(H,28,29)/b13-10+,27-16-. The zero-order valence-corrected chi connectivity index (χ0v) is 19.3. The molecule has 0 saturated carbocycles. The molecule has 1 N–H and O–H groups in total. The SMILES string of the molecule is COc1ccc(/C=C/C(=O)N/N=C\c2cc(Br)c(OCc3ccccc3)c(OC)c2)cc1. The third kappa shape index (κ3) is 6.72. The molecule has 0 bridgehead atoms. The molecule has 0 radical (unpaired) electrons. The third-order valence-corrected chi connectivity index (χ3v) is 5.00. The summed E-state index contributed by atoms with van der Waals surface area (Å²) in [5.74, 6) is 1.57. The highest BCUT2D eigenvalue weighted by molar-refractivity contribution is 9.10. The molecule has 0 fully saturated rings. The lowest BCUT2D eigenvalue weighted by atomic mass is 10.2. The molecule has 164 valence electrons. The maximum absolute atomic E-state index is 12.0. The van der Waals surface area contributed by atoms with Gasteiger partial charge in [-0.2, -0.15) is 5.10 Å². The van der Waals surface area contributed by atoms with E-state index in [4.69, 9.17) is 14.2 Å². The number of rotatable bonds is 9. The summed E-state index contributed by atoms with van der Waals surface area (Å²) in [5, 5.41) is 4.01. The first-order valence-corrected chi connectivity index (χ1v) is 10.6. The molecular formula is C25H23BrN2O4. The number of amides is 1. The summed E-state index contributed by atoms with van der Waals surface area (Å²) in [5.41, 5.74) is 5.14. The second-order valence-electron chi connectivity index (χ2n) is 6.65. The van der Waals surface area contributed by atoms with Crippen molar-refractivity contribution in [3.05, 3.63) is 94.0 Å². The van der Waals surface area contributed by atoms with Crippen LogP contribution < -0.4 is 19.6 Å². The van der Waals surface area contributed by atoms with Crippen molar-refractivity contribution in [3.8, 4) is 17.2 Å². The number of nitrogens with zero attached hydrogens (tertiary/aromatic N) is 1. The van der Waals surface area contributed by atoms with Crippen molar-refractivity contribution in [3.63, 3.8) is 0 Å². The molecule has 3 aromatic carbocycles. The van der Waals surface area contributed by atoms with Crippen LogP contribution in [0.3, 0.4) is 0 Å². The van der Waals surface area contributed by atoms with E-state index in [2.05, 4.69) is 26.5 Å². The van der Waals surface area contributed by atoms with Crippen LogP contribution in [0, 0.1) is 0 Å². The van der Waals surface area contributed by atoms with Crippen molar-refractivity contribution in [2.24, 2.45) is 5.10 Å². The van der Waals surface area contributed by atoms with Gasteiger partial charge in [0.1, 0.15) is 12.4 Å². The molecule has 32 heavy (non-hydrogen) atoms. The van der Waals surface area contributed by atoms with E-state index >= 15 is 0 Å². The lowest BCUT2D eigenvalue weighted by molar-refractivity contribution is -0.116. The number of ether oxygens (including phenoxy) is 3. The molecule has 6 nitrogen and oxygen atoms in total. The molecular weight excluding hydrogens is 472 g/mol. The summed E-state index contributed by atoms with van der Waals surface area (Å²) in [4.78, 5) is 12.0. The molecule has 3 rings (SSSR count). The molecule has 1 amide bonds. The van der Waals surface area contributed by atoms with E-state index in [0.29, 0.717) is 18.1 Å². The molecule has 0 aliphatic rings. The number of carbonyl (C=O) groups excluding carboxylic acids is 1. The van der Waals surface area contributed by atoms with Gasteiger partial charge in [-0.1, -0.05) is 42.5 Å². The predicted molar refractivity (Wildman–Crippen MR) is 129 cm³/mol. The second kappa shape index (κ2) is 11.7. The Kier molecular flexibility index (Phi) is 8.45. The van der Waals surface area contributed by atoms with Crippen LogP contribution in [0.5, 0.6) is 17.2 Å². The van der Waals surface area contributed by atoms with Crippen LogP contribution in [0.1, 0.15) is 16.7 Å². The topological polar surface area (TPSA) is 69.2 Å². The highest BCUT2D eigenvalue weighted by Gasteiger charge is 2.11. The average molecular weight is 495 g/mol. The quantitative estimate of drug-likeness (QED) is 0.252. The Morgan fingerprint density at radius 3 is 2.44 bits per heavy atom. The molecule has 0 unspecified atom stereocenters. The fourth-order valence-electron chi connectivity index (χ4n) is 2.78. The first-order valence-electron chi connectivity index (χ1n) is 9.78. The lowest BCUT2D eigenvalue weighted by Crippen LogP contribution is -2.14. The first-order chi connectivity index (χ1) is 15.6. The van der Waals surface area contributed by atoms with E-state index in [1.165, 1.54) is 12.3 Å². The van der Waals surface area contributed by atoms with Crippen molar-refractivity contribution >= 4 is 34.1 Å². The lowest BCUT2D eigenvalue weighted by Gasteiger charge is -2.13. The van der Waals surface area contributed by atoms with E-state index < -0.39 is 0 Å². The van der Waals surface area contributed by atoms with Crippen molar-refractivity contribution in [1.29, 1.82) is 0 Å². The van der Waals surface area contributed by atoms with Crippen LogP contribution in [0.2, 0.25) is 0 Å². The van der Waals surface area contributed by atoms with Gasteiger partial charge < -0.3 is 14.2 Å². The highest BCUT2D eigenvalue weighted by Crippen LogP contribution is 2.36. The minimum Gasteiger partial charge on any atom is -0.497 e. The molecule has 0 aromatic heterocycles. The van der Waals surface area contributed by atoms with Crippen LogP contribution in [0.4, 0.5) is 0 Å². The van der Waals surface area contributed by atoms with E-state index in [-0.39, 0.29) is 5.91 Å². The first kappa shape index (κ1) is 23.1. The summed E-state index contributed by atoms with van der Waals surface area (Å²) in [6.45, 7) is 0.416. The minimum atomic E-state index is -0.342. The Bertz CT molecular complexity index is 1100. The largest absolute Gasteiger partial charge is 0.497 e. The summed E-state index contributed by atoms with van der Waals surface area (Å²) >= 11 is 3.52. The van der Waals surface area contributed by atoms with E-state index in [1.807, 2.05) is 60.7 Å². The Morgan fingerprint density at radius 1 is 1.00 bits per heavy atom.